The molecule has 0 saturated carbocycles. The van der Waals surface area contributed by atoms with Crippen molar-refractivity contribution in [2.45, 2.75) is 32.4 Å². The fraction of sp³-hybridized carbons (Fsp3) is 0.700. The number of hydrogen-bond acceptors (Lipinski definition) is 4. The number of nitrogens with one attached hydrogen (secondary N) is 2. The van der Waals surface area contributed by atoms with Gasteiger partial charge in [0, 0.05) is 13.0 Å². The van der Waals surface area contributed by atoms with Crippen LogP contribution in [-0.2, 0) is 9.59 Å². The van der Waals surface area contributed by atoms with E-state index in [2.05, 4.69) is 10.6 Å². The number of urea groups is 1. The van der Waals surface area contributed by atoms with Crippen molar-refractivity contribution in [2.24, 2.45) is 11.7 Å². The van der Waals surface area contributed by atoms with E-state index in [1.54, 1.807) is 13.8 Å². The molecule has 0 aliphatic carbocycles. The summed E-state index contributed by atoms with van der Waals surface area (Å²) < 4.78 is 0. The molecule has 0 aromatic heterocycles. The van der Waals surface area contributed by atoms with Crippen molar-refractivity contribution in [2.75, 3.05) is 6.61 Å². The maximum atomic E-state index is 11.5. The Bertz CT molecular complexity index is 319. The SMILES string of the molecule is CC(C)C(NC(=O)NC(CCO)C(=O)O)C(N)=O. The number of carboxylic acids is 1. The minimum Gasteiger partial charge on any atom is -0.480 e. The fourth-order valence-corrected chi connectivity index (χ4v) is 1.29. The number of primary amides is 1. The minimum absolute atomic E-state index is 0.119. The Kier molecular flexibility index (Phi) is 6.73. The third-order valence-electron chi connectivity index (χ3n) is 2.28. The highest BCUT2D eigenvalue weighted by Crippen LogP contribution is 2.00. The average Bonchev–Trinajstić information content (AvgIpc) is 2.24. The molecular weight excluding hydrogens is 242 g/mol. The van der Waals surface area contributed by atoms with Crippen LogP contribution in [0.2, 0.25) is 0 Å². The molecule has 0 fully saturated rings. The molecule has 0 spiro atoms. The maximum absolute atomic E-state index is 11.5. The first-order valence-electron chi connectivity index (χ1n) is 5.49. The topological polar surface area (TPSA) is 142 Å². The smallest absolute Gasteiger partial charge is 0.326 e. The van der Waals surface area contributed by atoms with Gasteiger partial charge in [-0.2, -0.15) is 0 Å². The first-order valence-corrected chi connectivity index (χ1v) is 5.49. The van der Waals surface area contributed by atoms with E-state index in [-0.39, 0.29) is 18.9 Å². The van der Waals surface area contributed by atoms with Crippen molar-refractivity contribution in [3.8, 4) is 0 Å². The molecule has 18 heavy (non-hydrogen) atoms. The second-order valence-corrected chi connectivity index (χ2v) is 4.14. The van der Waals surface area contributed by atoms with Crippen molar-refractivity contribution in [3.05, 3.63) is 0 Å². The molecule has 0 aromatic rings. The number of aliphatic carboxylic acids is 1. The van der Waals surface area contributed by atoms with E-state index < -0.39 is 30.0 Å². The summed E-state index contributed by atoms with van der Waals surface area (Å²) in [7, 11) is 0. The number of aliphatic hydroxyl groups is 1. The van der Waals surface area contributed by atoms with Crippen LogP contribution < -0.4 is 16.4 Å². The largest absolute Gasteiger partial charge is 0.480 e. The number of carbonyl (C=O) groups excluding carboxylic acids is 2. The molecular formula is C10H19N3O5. The molecule has 0 saturated heterocycles. The first kappa shape index (κ1) is 16.2. The summed E-state index contributed by atoms with van der Waals surface area (Å²) in [4.78, 5) is 33.3. The molecule has 8 nitrogen and oxygen atoms in total. The quantitative estimate of drug-likeness (QED) is 0.384. The van der Waals surface area contributed by atoms with E-state index in [9.17, 15) is 14.4 Å². The third-order valence-corrected chi connectivity index (χ3v) is 2.28. The summed E-state index contributed by atoms with van der Waals surface area (Å²) in [5.74, 6) is -2.18. The summed E-state index contributed by atoms with van der Waals surface area (Å²) >= 11 is 0. The molecule has 0 aliphatic heterocycles. The van der Waals surface area contributed by atoms with E-state index >= 15 is 0 Å². The van der Waals surface area contributed by atoms with Crippen LogP contribution in [0.1, 0.15) is 20.3 Å². The number of aliphatic hydroxyl groups excluding tert-OH is 1. The zero-order chi connectivity index (χ0) is 14.3. The van der Waals surface area contributed by atoms with Gasteiger partial charge in [-0.25, -0.2) is 9.59 Å². The highest BCUT2D eigenvalue weighted by Gasteiger charge is 2.24. The van der Waals surface area contributed by atoms with Crippen LogP contribution >= 0.6 is 0 Å². The summed E-state index contributed by atoms with van der Waals surface area (Å²) in [6, 6.07) is -2.90. The average molecular weight is 261 g/mol. The van der Waals surface area contributed by atoms with E-state index in [1.165, 1.54) is 0 Å². The molecule has 0 radical (unpaired) electrons. The van der Waals surface area contributed by atoms with Crippen molar-refractivity contribution in [1.82, 2.24) is 10.6 Å². The molecule has 8 heteroatoms. The van der Waals surface area contributed by atoms with Crippen molar-refractivity contribution < 1.29 is 24.6 Å². The van der Waals surface area contributed by atoms with Crippen LogP contribution in [0, 0.1) is 5.92 Å². The molecule has 0 bridgehead atoms. The van der Waals surface area contributed by atoms with E-state index in [1.807, 2.05) is 0 Å². The first-order chi connectivity index (χ1) is 8.29. The Morgan fingerprint density at radius 3 is 2.11 bits per heavy atom. The molecule has 0 heterocycles. The second kappa shape index (κ2) is 7.49. The highest BCUT2D eigenvalue weighted by molar-refractivity contribution is 5.88. The third kappa shape index (κ3) is 5.48. The lowest BCUT2D eigenvalue weighted by atomic mass is 10.0. The normalized spacial score (nSPS) is 13.8. The fourth-order valence-electron chi connectivity index (χ4n) is 1.29. The van der Waals surface area contributed by atoms with Gasteiger partial charge in [0.2, 0.25) is 5.91 Å². The molecule has 2 unspecified atom stereocenters. The van der Waals surface area contributed by atoms with Gasteiger partial charge >= 0.3 is 12.0 Å². The van der Waals surface area contributed by atoms with Crippen molar-refractivity contribution in [3.63, 3.8) is 0 Å². The molecule has 104 valence electrons. The van der Waals surface area contributed by atoms with Crippen LogP contribution in [0.25, 0.3) is 0 Å². The van der Waals surface area contributed by atoms with Crippen LogP contribution in [0.15, 0.2) is 0 Å². The van der Waals surface area contributed by atoms with Crippen molar-refractivity contribution >= 4 is 17.9 Å². The van der Waals surface area contributed by atoms with Gasteiger partial charge in [0.15, 0.2) is 0 Å². The monoisotopic (exact) mass is 261 g/mol. The predicted octanol–water partition coefficient (Wildman–Crippen LogP) is -1.37. The lowest BCUT2D eigenvalue weighted by Gasteiger charge is -2.21. The Hall–Kier alpha value is -1.83. The predicted molar refractivity (Wildman–Crippen MR) is 62.6 cm³/mol. The van der Waals surface area contributed by atoms with Gasteiger partial charge in [-0.05, 0) is 5.92 Å². The number of hydrogen-bond donors (Lipinski definition) is 5. The number of nitrogens with two attached hydrogens (primary N) is 1. The highest BCUT2D eigenvalue weighted by atomic mass is 16.4. The van der Waals surface area contributed by atoms with Gasteiger partial charge in [-0.1, -0.05) is 13.8 Å². The molecule has 0 rings (SSSR count). The Morgan fingerprint density at radius 1 is 1.22 bits per heavy atom. The number of amides is 3. The summed E-state index contributed by atoms with van der Waals surface area (Å²) in [5.41, 5.74) is 5.10. The second-order valence-electron chi connectivity index (χ2n) is 4.14. The maximum Gasteiger partial charge on any atom is 0.326 e. The van der Waals surface area contributed by atoms with Crippen LogP contribution in [0.3, 0.4) is 0 Å². The lowest BCUT2D eigenvalue weighted by Crippen LogP contribution is -2.54. The van der Waals surface area contributed by atoms with Crippen LogP contribution in [-0.4, -0.2) is 46.8 Å². The molecule has 6 N–H and O–H groups in total. The van der Waals surface area contributed by atoms with Crippen molar-refractivity contribution in [1.29, 1.82) is 0 Å². The zero-order valence-corrected chi connectivity index (χ0v) is 10.3. The number of carbonyl (C=O) groups is 3. The molecule has 0 aromatic carbocycles. The Morgan fingerprint density at radius 2 is 1.78 bits per heavy atom. The summed E-state index contributed by atoms with van der Waals surface area (Å²) in [5, 5.41) is 21.8. The molecule has 2 atom stereocenters. The standard InChI is InChI=1S/C10H19N3O5/c1-5(2)7(8(11)15)13-10(18)12-6(3-4-14)9(16)17/h5-7,14H,3-4H2,1-2H3,(H2,11,15)(H,16,17)(H2,12,13,18). The van der Waals surface area contributed by atoms with Gasteiger partial charge in [-0.3, -0.25) is 4.79 Å². The lowest BCUT2D eigenvalue weighted by molar-refractivity contribution is -0.139. The van der Waals surface area contributed by atoms with Gasteiger partial charge < -0.3 is 26.6 Å². The van der Waals surface area contributed by atoms with E-state index in [0.717, 1.165) is 0 Å². The minimum atomic E-state index is -1.26. The Balaban J connectivity index is 4.47. The molecule has 0 aliphatic rings. The molecule has 3 amide bonds. The summed E-state index contributed by atoms with van der Waals surface area (Å²) in [6.07, 6.45) is -0.119. The van der Waals surface area contributed by atoms with E-state index in [4.69, 9.17) is 15.9 Å². The van der Waals surface area contributed by atoms with E-state index in [0.29, 0.717) is 0 Å². The van der Waals surface area contributed by atoms with Gasteiger partial charge in [0.25, 0.3) is 0 Å². The van der Waals surface area contributed by atoms with Gasteiger partial charge in [0.05, 0.1) is 0 Å². The van der Waals surface area contributed by atoms with Crippen LogP contribution in [0.5, 0.6) is 0 Å². The number of rotatable bonds is 7. The summed E-state index contributed by atoms with van der Waals surface area (Å²) in [6.45, 7) is 3.01. The van der Waals surface area contributed by atoms with Crippen LogP contribution in [0.4, 0.5) is 4.79 Å². The number of carboxylic acid groups (broad SMARTS) is 1. The van der Waals surface area contributed by atoms with Gasteiger partial charge in [0.1, 0.15) is 12.1 Å². The zero-order valence-electron chi connectivity index (χ0n) is 10.3. The van der Waals surface area contributed by atoms with Gasteiger partial charge in [-0.15, -0.1) is 0 Å². The Labute approximate surface area is 105 Å².